The second-order valence-corrected chi connectivity index (χ2v) is 2.38. The molecule has 0 saturated carbocycles. The summed E-state index contributed by atoms with van der Waals surface area (Å²) >= 11 is 5.69. The Kier molecular flexibility index (Phi) is 2.44. The monoisotopic (exact) mass is 170 g/mol. The summed E-state index contributed by atoms with van der Waals surface area (Å²) in [6.45, 7) is 0. The highest BCUT2D eigenvalue weighted by molar-refractivity contribution is 6.29. The number of carbonyl (C=O) groups excluding carboxylic acids is 1. The van der Waals surface area contributed by atoms with Crippen LogP contribution in [0.25, 0.3) is 6.08 Å². The molecule has 0 amide bonds. The Balaban J connectivity index is 2.95. The average molecular weight is 171 g/mol. The Morgan fingerprint density at radius 1 is 1.73 bits per heavy atom. The lowest BCUT2D eigenvalue weighted by Crippen LogP contribution is -1.90. The quantitative estimate of drug-likeness (QED) is 0.495. The van der Waals surface area contributed by atoms with Crippen molar-refractivity contribution in [2.24, 2.45) is 7.05 Å². The van der Waals surface area contributed by atoms with Crippen molar-refractivity contribution in [3.05, 3.63) is 23.3 Å². The van der Waals surface area contributed by atoms with Gasteiger partial charge < -0.3 is 4.57 Å². The van der Waals surface area contributed by atoms with E-state index in [1.54, 1.807) is 17.7 Å². The molecular weight excluding hydrogens is 164 g/mol. The molecule has 0 spiro atoms. The highest BCUT2D eigenvalue weighted by Crippen LogP contribution is 2.09. The Morgan fingerprint density at radius 3 is 2.91 bits per heavy atom. The molecule has 0 N–H and O–H groups in total. The van der Waals surface area contributed by atoms with E-state index in [4.69, 9.17) is 11.6 Å². The number of hydrogen-bond acceptors (Lipinski definition) is 2. The first-order valence-electron chi connectivity index (χ1n) is 3.04. The summed E-state index contributed by atoms with van der Waals surface area (Å²) in [5.74, 6) is 0.669. The van der Waals surface area contributed by atoms with Crippen LogP contribution in [-0.4, -0.2) is 15.8 Å². The maximum Gasteiger partial charge on any atom is 0.142 e. The Bertz CT molecular complexity index is 291. The van der Waals surface area contributed by atoms with Gasteiger partial charge in [-0.05, 0) is 12.2 Å². The number of aromatic nitrogens is 2. The predicted octanol–water partition coefficient (Wildman–Crippen LogP) is 1.29. The van der Waals surface area contributed by atoms with E-state index in [-0.39, 0.29) is 0 Å². The fourth-order valence-corrected chi connectivity index (χ4v) is 0.818. The van der Waals surface area contributed by atoms with Crippen LogP contribution < -0.4 is 0 Å². The molecule has 0 aliphatic carbocycles. The molecule has 0 unspecified atom stereocenters. The molecule has 0 atom stereocenters. The van der Waals surface area contributed by atoms with Gasteiger partial charge in [0, 0.05) is 7.05 Å². The topological polar surface area (TPSA) is 34.9 Å². The minimum Gasteiger partial charge on any atom is -0.319 e. The SMILES string of the molecule is Cn1c(Cl)cnc1/C=C/C=O. The molecule has 3 nitrogen and oxygen atoms in total. The van der Waals surface area contributed by atoms with Crippen molar-refractivity contribution in [3.63, 3.8) is 0 Å². The molecule has 0 aliphatic heterocycles. The zero-order chi connectivity index (χ0) is 8.27. The van der Waals surface area contributed by atoms with E-state index in [1.165, 1.54) is 12.3 Å². The first-order valence-corrected chi connectivity index (χ1v) is 3.42. The van der Waals surface area contributed by atoms with Crippen molar-refractivity contribution >= 4 is 24.0 Å². The molecule has 1 aromatic heterocycles. The van der Waals surface area contributed by atoms with Gasteiger partial charge in [0.25, 0.3) is 0 Å². The van der Waals surface area contributed by atoms with E-state index >= 15 is 0 Å². The van der Waals surface area contributed by atoms with E-state index in [9.17, 15) is 4.79 Å². The summed E-state index contributed by atoms with van der Waals surface area (Å²) in [5, 5.41) is 0.551. The van der Waals surface area contributed by atoms with Gasteiger partial charge in [0.2, 0.25) is 0 Å². The molecule has 4 heteroatoms. The molecular formula is C7H7ClN2O. The Morgan fingerprint density at radius 2 is 2.45 bits per heavy atom. The Hall–Kier alpha value is -1.09. The van der Waals surface area contributed by atoms with Crippen LogP contribution in [0.3, 0.4) is 0 Å². The predicted molar refractivity (Wildman–Crippen MR) is 43.3 cm³/mol. The maximum absolute atomic E-state index is 9.94. The number of carbonyl (C=O) groups is 1. The van der Waals surface area contributed by atoms with Crippen LogP contribution in [0.2, 0.25) is 5.15 Å². The van der Waals surface area contributed by atoms with Crippen LogP contribution in [-0.2, 0) is 11.8 Å². The highest BCUT2D eigenvalue weighted by Gasteiger charge is 1.98. The second-order valence-electron chi connectivity index (χ2n) is 1.99. The molecule has 0 aromatic carbocycles. The molecule has 58 valence electrons. The van der Waals surface area contributed by atoms with Gasteiger partial charge in [0.1, 0.15) is 17.3 Å². The summed E-state index contributed by atoms with van der Waals surface area (Å²) in [7, 11) is 1.78. The Labute approximate surface area is 69.3 Å². The first kappa shape index (κ1) is 8.01. The average Bonchev–Trinajstić information content (AvgIpc) is 2.31. The smallest absolute Gasteiger partial charge is 0.142 e. The van der Waals surface area contributed by atoms with E-state index in [1.807, 2.05) is 0 Å². The summed E-state index contributed by atoms with van der Waals surface area (Å²) in [4.78, 5) is 13.9. The third-order valence-corrected chi connectivity index (χ3v) is 1.64. The van der Waals surface area contributed by atoms with Crippen LogP contribution in [0.4, 0.5) is 0 Å². The molecule has 0 saturated heterocycles. The van der Waals surface area contributed by atoms with Crippen molar-refractivity contribution < 1.29 is 4.79 Å². The normalized spacial score (nSPS) is 10.7. The number of aldehydes is 1. The van der Waals surface area contributed by atoms with E-state index < -0.39 is 0 Å². The second kappa shape index (κ2) is 3.34. The van der Waals surface area contributed by atoms with Crippen molar-refractivity contribution in [2.45, 2.75) is 0 Å². The van der Waals surface area contributed by atoms with Gasteiger partial charge in [0.05, 0.1) is 6.20 Å². The highest BCUT2D eigenvalue weighted by atomic mass is 35.5. The zero-order valence-electron chi connectivity index (χ0n) is 5.99. The van der Waals surface area contributed by atoms with Gasteiger partial charge >= 0.3 is 0 Å². The van der Waals surface area contributed by atoms with Crippen LogP contribution >= 0.6 is 11.6 Å². The van der Waals surface area contributed by atoms with Crippen LogP contribution in [0, 0.1) is 0 Å². The van der Waals surface area contributed by atoms with Gasteiger partial charge in [-0.1, -0.05) is 11.6 Å². The maximum atomic E-state index is 9.94. The number of rotatable bonds is 2. The van der Waals surface area contributed by atoms with Crippen LogP contribution in [0.15, 0.2) is 12.3 Å². The fraction of sp³-hybridized carbons (Fsp3) is 0.143. The van der Waals surface area contributed by atoms with Crippen molar-refractivity contribution in [1.82, 2.24) is 9.55 Å². The van der Waals surface area contributed by atoms with Crippen LogP contribution in [0.5, 0.6) is 0 Å². The van der Waals surface area contributed by atoms with E-state index in [2.05, 4.69) is 4.98 Å². The first-order chi connectivity index (χ1) is 5.25. The van der Waals surface area contributed by atoms with Gasteiger partial charge in [-0.25, -0.2) is 4.98 Å². The lowest BCUT2D eigenvalue weighted by atomic mass is 10.5. The van der Waals surface area contributed by atoms with E-state index in [0.717, 1.165) is 0 Å². The van der Waals surface area contributed by atoms with Gasteiger partial charge in [-0.15, -0.1) is 0 Å². The van der Waals surface area contributed by atoms with Gasteiger partial charge in [-0.2, -0.15) is 0 Å². The molecule has 1 rings (SSSR count). The summed E-state index contributed by atoms with van der Waals surface area (Å²) in [5.41, 5.74) is 0. The van der Waals surface area contributed by atoms with Crippen molar-refractivity contribution in [1.29, 1.82) is 0 Å². The summed E-state index contributed by atoms with van der Waals surface area (Å²) in [6, 6.07) is 0. The number of allylic oxidation sites excluding steroid dienone is 1. The molecule has 0 radical (unpaired) electrons. The minimum atomic E-state index is 0.551. The van der Waals surface area contributed by atoms with E-state index in [0.29, 0.717) is 17.3 Å². The summed E-state index contributed by atoms with van der Waals surface area (Å²) in [6.07, 6.45) is 5.20. The number of halogens is 1. The molecule has 1 heterocycles. The van der Waals surface area contributed by atoms with Crippen molar-refractivity contribution in [2.75, 3.05) is 0 Å². The molecule has 0 aliphatic rings. The largest absolute Gasteiger partial charge is 0.319 e. The third kappa shape index (κ3) is 1.68. The summed E-state index contributed by atoms with van der Waals surface area (Å²) < 4.78 is 1.68. The zero-order valence-corrected chi connectivity index (χ0v) is 6.75. The molecule has 0 bridgehead atoms. The number of nitrogens with zero attached hydrogens (tertiary/aromatic N) is 2. The van der Waals surface area contributed by atoms with Crippen LogP contribution in [0.1, 0.15) is 5.82 Å². The minimum absolute atomic E-state index is 0.551. The molecule has 1 aromatic rings. The number of hydrogen-bond donors (Lipinski definition) is 0. The lowest BCUT2D eigenvalue weighted by molar-refractivity contribution is -0.104. The number of imidazole rings is 1. The molecule has 11 heavy (non-hydrogen) atoms. The molecule has 0 fully saturated rings. The third-order valence-electron chi connectivity index (χ3n) is 1.29. The lowest BCUT2D eigenvalue weighted by Gasteiger charge is -1.93. The fourth-order valence-electron chi connectivity index (χ4n) is 0.682. The van der Waals surface area contributed by atoms with Gasteiger partial charge in [-0.3, -0.25) is 4.79 Å². The van der Waals surface area contributed by atoms with Crippen molar-refractivity contribution in [3.8, 4) is 0 Å². The van der Waals surface area contributed by atoms with Gasteiger partial charge in [0.15, 0.2) is 0 Å². The standard InChI is InChI=1S/C7H7ClN2O/c1-10-6(8)5-9-7(10)3-2-4-11/h2-5H,1H3/b3-2+.